The summed E-state index contributed by atoms with van der Waals surface area (Å²) in [6.45, 7) is 0.302. The number of amides is 1. The number of nitrogens with two attached hydrogens (primary N) is 1. The van der Waals surface area contributed by atoms with Crippen molar-refractivity contribution in [2.75, 3.05) is 5.73 Å². The van der Waals surface area contributed by atoms with Crippen LogP contribution in [0.3, 0.4) is 0 Å². The number of carbonyl (C=O) groups excluding carboxylic acids is 1. The summed E-state index contributed by atoms with van der Waals surface area (Å²) in [4.78, 5) is 24.9. The highest BCUT2D eigenvalue weighted by Crippen LogP contribution is 2.17. The Hall–Kier alpha value is -3.28. The molecule has 0 unspecified atom stereocenters. The van der Waals surface area contributed by atoms with Crippen LogP contribution in [0.5, 0.6) is 0 Å². The Morgan fingerprint density at radius 3 is 2.57 bits per heavy atom. The van der Waals surface area contributed by atoms with Gasteiger partial charge in [-0.05, 0) is 12.1 Å². The lowest BCUT2D eigenvalue weighted by atomic mass is 10.1. The maximum Gasteiger partial charge on any atom is 0.274 e. The maximum atomic E-state index is 12.3. The molecule has 114 valence electrons. The van der Waals surface area contributed by atoms with Gasteiger partial charge in [0.05, 0.1) is 24.1 Å². The molecular weight excluding hydrogens is 290 g/mol. The monoisotopic (exact) mass is 305 g/mol. The zero-order chi connectivity index (χ0) is 16.1. The number of hydrogen-bond donors (Lipinski definition) is 2. The van der Waals surface area contributed by atoms with E-state index in [0.717, 1.165) is 11.3 Å². The van der Waals surface area contributed by atoms with Gasteiger partial charge >= 0.3 is 0 Å². The summed E-state index contributed by atoms with van der Waals surface area (Å²) < 4.78 is 0. The molecule has 6 nitrogen and oxygen atoms in total. The van der Waals surface area contributed by atoms with Crippen molar-refractivity contribution in [3.05, 3.63) is 72.3 Å². The summed E-state index contributed by atoms with van der Waals surface area (Å²) in [7, 11) is 0. The van der Waals surface area contributed by atoms with E-state index in [1.54, 1.807) is 12.4 Å². The van der Waals surface area contributed by atoms with E-state index in [-0.39, 0.29) is 17.4 Å². The molecule has 1 aromatic carbocycles. The van der Waals surface area contributed by atoms with Crippen LogP contribution < -0.4 is 11.1 Å². The van der Waals surface area contributed by atoms with Crippen LogP contribution in [0.2, 0.25) is 0 Å². The summed E-state index contributed by atoms with van der Waals surface area (Å²) in [5.41, 5.74) is 8.13. The lowest BCUT2D eigenvalue weighted by molar-refractivity contribution is 0.0946. The number of carbonyl (C=O) groups is 1. The summed E-state index contributed by atoms with van der Waals surface area (Å²) in [5.74, 6) is -0.276. The Bertz CT molecular complexity index is 806. The average molecular weight is 305 g/mol. The molecule has 0 bridgehead atoms. The van der Waals surface area contributed by atoms with E-state index >= 15 is 0 Å². The first-order chi connectivity index (χ1) is 11.2. The van der Waals surface area contributed by atoms with Crippen LogP contribution in [0.15, 0.2) is 60.9 Å². The summed E-state index contributed by atoms with van der Waals surface area (Å²) in [6.07, 6.45) is 3.23. The van der Waals surface area contributed by atoms with E-state index in [1.807, 2.05) is 48.5 Å². The molecule has 0 spiro atoms. The number of anilines is 1. The number of rotatable bonds is 4. The highest BCUT2D eigenvalue weighted by Gasteiger charge is 2.14. The number of pyridine rings is 1. The predicted molar refractivity (Wildman–Crippen MR) is 87.3 cm³/mol. The molecule has 6 heteroatoms. The normalized spacial score (nSPS) is 10.3. The van der Waals surface area contributed by atoms with E-state index in [4.69, 9.17) is 5.73 Å². The minimum atomic E-state index is -0.376. The average Bonchev–Trinajstić information content (AvgIpc) is 2.62. The van der Waals surface area contributed by atoms with Crippen molar-refractivity contribution >= 4 is 11.7 Å². The molecule has 3 aromatic rings. The SMILES string of the molecule is Nc1ncc(-c2ccccc2)nc1C(=O)NCc1ccccn1. The van der Waals surface area contributed by atoms with E-state index in [9.17, 15) is 4.79 Å². The number of nitrogens with one attached hydrogen (secondary N) is 1. The maximum absolute atomic E-state index is 12.3. The molecule has 0 aliphatic carbocycles. The topological polar surface area (TPSA) is 93.8 Å². The second-order valence-electron chi connectivity index (χ2n) is 4.86. The van der Waals surface area contributed by atoms with Gasteiger partial charge in [-0.1, -0.05) is 36.4 Å². The van der Waals surface area contributed by atoms with Crippen molar-refractivity contribution in [2.45, 2.75) is 6.54 Å². The van der Waals surface area contributed by atoms with E-state index in [2.05, 4.69) is 20.3 Å². The van der Waals surface area contributed by atoms with Gasteiger partial charge in [-0.3, -0.25) is 9.78 Å². The van der Waals surface area contributed by atoms with E-state index in [0.29, 0.717) is 12.2 Å². The van der Waals surface area contributed by atoms with Crippen molar-refractivity contribution in [3.8, 4) is 11.3 Å². The summed E-state index contributed by atoms with van der Waals surface area (Å²) in [6, 6.07) is 15.0. The number of aromatic nitrogens is 3. The summed E-state index contributed by atoms with van der Waals surface area (Å²) in [5, 5.41) is 2.75. The number of hydrogen-bond acceptors (Lipinski definition) is 5. The van der Waals surface area contributed by atoms with Crippen LogP contribution in [0.1, 0.15) is 16.2 Å². The molecule has 0 saturated heterocycles. The zero-order valence-electron chi connectivity index (χ0n) is 12.3. The van der Waals surface area contributed by atoms with Gasteiger partial charge in [0.25, 0.3) is 5.91 Å². The first-order valence-electron chi connectivity index (χ1n) is 7.10. The third kappa shape index (κ3) is 3.49. The van der Waals surface area contributed by atoms with Crippen LogP contribution in [-0.2, 0) is 6.54 Å². The quantitative estimate of drug-likeness (QED) is 0.769. The van der Waals surface area contributed by atoms with Crippen molar-refractivity contribution in [1.29, 1.82) is 0 Å². The smallest absolute Gasteiger partial charge is 0.274 e. The lowest BCUT2D eigenvalue weighted by Gasteiger charge is -2.08. The van der Waals surface area contributed by atoms with Crippen LogP contribution in [-0.4, -0.2) is 20.9 Å². The second-order valence-corrected chi connectivity index (χ2v) is 4.86. The van der Waals surface area contributed by atoms with Crippen molar-refractivity contribution in [1.82, 2.24) is 20.3 Å². The first kappa shape index (κ1) is 14.6. The number of nitrogens with zero attached hydrogens (tertiary/aromatic N) is 3. The predicted octanol–water partition coefficient (Wildman–Crippen LogP) is 2.05. The Kier molecular flexibility index (Phi) is 4.24. The highest BCUT2D eigenvalue weighted by molar-refractivity contribution is 5.96. The Labute approximate surface area is 133 Å². The molecule has 0 radical (unpaired) electrons. The van der Waals surface area contributed by atoms with Crippen molar-refractivity contribution < 1.29 is 4.79 Å². The van der Waals surface area contributed by atoms with Crippen LogP contribution in [0.25, 0.3) is 11.3 Å². The zero-order valence-corrected chi connectivity index (χ0v) is 12.3. The Balaban J connectivity index is 1.80. The number of benzene rings is 1. The summed E-state index contributed by atoms with van der Waals surface area (Å²) >= 11 is 0. The third-order valence-corrected chi connectivity index (χ3v) is 3.24. The Morgan fingerprint density at radius 2 is 1.83 bits per heavy atom. The second kappa shape index (κ2) is 6.65. The van der Waals surface area contributed by atoms with E-state index < -0.39 is 0 Å². The lowest BCUT2D eigenvalue weighted by Crippen LogP contribution is -2.26. The molecule has 2 heterocycles. The molecule has 0 aliphatic heterocycles. The van der Waals surface area contributed by atoms with Gasteiger partial charge in [0.15, 0.2) is 11.5 Å². The Morgan fingerprint density at radius 1 is 1.04 bits per heavy atom. The molecule has 0 aliphatic rings. The molecule has 0 saturated carbocycles. The van der Waals surface area contributed by atoms with Gasteiger partial charge in [0.2, 0.25) is 0 Å². The highest BCUT2D eigenvalue weighted by atomic mass is 16.1. The molecule has 23 heavy (non-hydrogen) atoms. The largest absolute Gasteiger partial charge is 0.382 e. The fourth-order valence-electron chi connectivity index (χ4n) is 2.07. The van der Waals surface area contributed by atoms with Crippen LogP contribution >= 0.6 is 0 Å². The fourth-order valence-corrected chi connectivity index (χ4v) is 2.07. The molecule has 3 N–H and O–H groups in total. The molecule has 0 fully saturated rings. The molecule has 1 amide bonds. The standard InChI is InChI=1S/C17H15N5O/c18-16-15(17(23)21-10-13-8-4-5-9-19-13)22-14(11-20-16)12-6-2-1-3-7-12/h1-9,11H,10H2,(H2,18,20)(H,21,23). The van der Waals surface area contributed by atoms with Gasteiger partial charge in [-0.15, -0.1) is 0 Å². The van der Waals surface area contributed by atoms with Crippen LogP contribution in [0, 0.1) is 0 Å². The molecule has 2 aromatic heterocycles. The van der Waals surface area contributed by atoms with Gasteiger partial charge in [0, 0.05) is 11.8 Å². The molecule has 3 rings (SSSR count). The number of nitrogen functional groups attached to an aromatic ring is 1. The molecule has 0 atom stereocenters. The third-order valence-electron chi connectivity index (χ3n) is 3.24. The minimum absolute atomic E-state index is 0.100. The minimum Gasteiger partial charge on any atom is -0.382 e. The van der Waals surface area contributed by atoms with Gasteiger partial charge in [0.1, 0.15) is 0 Å². The van der Waals surface area contributed by atoms with E-state index in [1.165, 1.54) is 0 Å². The first-order valence-corrected chi connectivity index (χ1v) is 7.10. The molecular formula is C17H15N5O. The van der Waals surface area contributed by atoms with Crippen molar-refractivity contribution in [2.24, 2.45) is 0 Å². The van der Waals surface area contributed by atoms with Crippen molar-refractivity contribution in [3.63, 3.8) is 0 Å². The van der Waals surface area contributed by atoms with Gasteiger partial charge < -0.3 is 11.1 Å². The fraction of sp³-hybridized carbons (Fsp3) is 0.0588. The van der Waals surface area contributed by atoms with Gasteiger partial charge in [-0.25, -0.2) is 9.97 Å². The van der Waals surface area contributed by atoms with Crippen LogP contribution in [0.4, 0.5) is 5.82 Å². The van der Waals surface area contributed by atoms with Gasteiger partial charge in [-0.2, -0.15) is 0 Å².